The number of hydrogen-bond acceptors (Lipinski definition) is 4. The zero-order valence-corrected chi connectivity index (χ0v) is 12.9. The average molecular weight is 307 g/mol. The number of benzene rings is 1. The Morgan fingerprint density at radius 1 is 1.33 bits per heavy atom. The normalized spacial score (nSPS) is 15.5. The molecule has 6 heteroatoms. The van der Waals surface area contributed by atoms with E-state index >= 15 is 0 Å². The van der Waals surface area contributed by atoms with Crippen LogP contribution in [0.3, 0.4) is 0 Å². The molecular formula is C15H19ClN4O. The summed E-state index contributed by atoms with van der Waals surface area (Å²) in [5.41, 5.74) is 7.25. The minimum Gasteiger partial charge on any atom is -0.372 e. The molecule has 1 aromatic carbocycles. The number of halogens is 1. The fraction of sp³-hybridized carbons (Fsp3) is 0.400. The Morgan fingerprint density at radius 3 is 2.81 bits per heavy atom. The van der Waals surface area contributed by atoms with E-state index in [1.807, 2.05) is 4.68 Å². The Morgan fingerprint density at radius 2 is 2.10 bits per heavy atom. The second-order valence-corrected chi connectivity index (χ2v) is 5.94. The summed E-state index contributed by atoms with van der Waals surface area (Å²) < 4.78 is 7.36. The molecule has 1 unspecified atom stereocenters. The highest BCUT2D eigenvalue weighted by atomic mass is 35.5. The molecule has 0 saturated heterocycles. The van der Waals surface area contributed by atoms with Crippen LogP contribution in [-0.4, -0.2) is 9.78 Å². The van der Waals surface area contributed by atoms with E-state index in [4.69, 9.17) is 22.2 Å². The molecule has 0 radical (unpaired) electrons. The van der Waals surface area contributed by atoms with E-state index in [-0.39, 0.29) is 12.1 Å². The predicted molar refractivity (Wildman–Crippen MR) is 81.7 cm³/mol. The molecule has 5 nitrogen and oxygen atoms in total. The maximum atomic E-state index is 6.33. The van der Waals surface area contributed by atoms with Crippen LogP contribution in [-0.2, 0) is 18.0 Å². The molecule has 3 N–H and O–H groups in total. The van der Waals surface area contributed by atoms with E-state index in [0.29, 0.717) is 18.2 Å². The van der Waals surface area contributed by atoms with Crippen LogP contribution in [0.4, 0.5) is 0 Å². The van der Waals surface area contributed by atoms with Crippen molar-refractivity contribution >= 4 is 11.6 Å². The molecule has 1 aliphatic rings. The summed E-state index contributed by atoms with van der Waals surface area (Å²) in [6.45, 7) is 5.46. The van der Waals surface area contributed by atoms with E-state index in [2.05, 4.69) is 42.6 Å². The minimum atomic E-state index is -0.201. The molecule has 0 amide bonds. The van der Waals surface area contributed by atoms with Crippen molar-refractivity contribution in [2.24, 2.45) is 5.84 Å². The molecule has 1 atom stereocenters. The molecule has 0 fully saturated rings. The van der Waals surface area contributed by atoms with Crippen molar-refractivity contribution in [2.75, 3.05) is 0 Å². The number of nitrogens with one attached hydrogen (secondary N) is 1. The van der Waals surface area contributed by atoms with E-state index < -0.39 is 0 Å². The summed E-state index contributed by atoms with van der Waals surface area (Å²) in [4.78, 5) is 0. The number of ether oxygens (including phenoxy) is 1. The van der Waals surface area contributed by atoms with Crippen LogP contribution >= 0.6 is 11.6 Å². The molecule has 2 heterocycles. The van der Waals surface area contributed by atoms with Crippen molar-refractivity contribution in [1.82, 2.24) is 15.2 Å². The van der Waals surface area contributed by atoms with Crippen LogP contribution in [0.15, 0.2) is 24.4 Å². The van der Waals surface area contributed by atoms with Crippen LogP contribution in [0.25, 0.3) is 0 Å². The van der Waals surface area contributed by atoms with Gasteiger partial charge in [-0.1, -0.05) is 29.8 Å². The van der Waals surface area contributed by atoms with Crippen molar-refractivity contribution in [3.63, 3.8) is 0 Å². The summed E-state index contributed by atoms with van der Waals surface area (Å²) in [5, 5.41) is 4.96. The predicted octanol–water partition coefficient (Wildman–Crippen LogP) is 2.70. The zero-order chi connectivity index (χ0) is 15.0. The Hall–Kier alpha value is -1.40. The Balaban J connectivity index is 2.05. The lowest BCUT2D eigenvalue weighted by Crippen LogP contribution is -2.31. The maximum absolute atomic E-state index is 6.33. The Bertz CT molecular complexity index is 653. The first-order valence-electron chi connectivity index (χ1n) is 7.00. The molecule has 112 valence electrons. The fourth-order valence-corrected chi connectivity index (χ4v) is 2.98. The van der Waals surface area contributed by atoms with Crippen LogP contribution in [0.5, 0.6) is 0 Å². The van der Waals surface area contributed by atoms with Crippen molar-refractivity contribution in [3.8, 4) is 0 Å². The SMILES string of the molecule is CC(C)n1ncc(Cl)c1C(NN)c1ccc2c(c1)COC2. The van der Waals surface area contributed by atoms with Gasteiger partial charge in [0.05, 0.1) is 36.2 Å². The first-order valence-corrected chi connectivity index (χ1v) is 7.38. The van der Waals surface area contributed by atoms with Crippen molar-refractivity contribution in [2.45, 2.75) is 39.1 Å². The van der Waals surface area contributed by atoms with Gasteiger partial charge in [0, 0.05) is 6.04 Å². The van der Waals surface area contributed by atoms with Gasteiger partial charge >= 0.3 is 0 Å². The first-order chi connectivity index (χ1) is 10.1. The molecule has 1 aliphatic heterocycles. The number of fused-ring (bicyclic) bond motifs is 1. The number of aromatic nitrogens is 2. The molecule has 0 bridgehead atoms. The summed E-state index contributed by atoms with van der Waals surface area (Å²) in [5.74, 6) is 5.80. The van der Waals surface area contributed by atoms with Gasteiger partial charge in [-0.3, -0.25) is 10.5 Å². The van der Waals surface area contributed by atoms with Crippen molar-refractivity contribution in [1.29, 1.82) is 0 Å². The summed E-state index contributed by atoms with van der Waals surface area (Å²) in [7, 11) is 0. The molecule has 2 aromatic rings. The number of hydrogen-bond donors (Lipinski definition) is 2. The highest BCUT2D eigenvalue weighted by Gasteiger charge is 2.24. The van der Waals surface area contributed by atoms with Crippen molar-refractivity contribution < 1.29 is 4.74 Å². The number of rotatable bonds is 4. The fourth-order valence-electron chi connectivity index (χ4n) is 2.74. The van der Waals surface area contributed by atoms with Gasteiger partial charge in [-0.25, -0.2) is 5.43 Å². The maximum Gasteiger partial charge on any atom is 0.0893 e. The number of hydrazine groups is 1. The number of nitrogens with zero attached hydrogens (tertiary/aromatic N) is 2. The van der Waals surface area contributed by atoms with Crippen LogP contribution in [0.2, 0.25) is 5.02 Å². The first kappa shape index (κ1) is 14.5. The second-order valence-electron chi connectivity index (χ2n) is 5.54. The quantitative estimate of drug-likeness (QED) is 0.673. The number of nitrogens with two attached hydrogens (primary N) is 1. The van der Waals surface area contributed by atoms with Crippen LogP contribution in [0, 0.1) is 0 Å². The second kappa shape index (κ2) is 5.77. The Kier molecular flexibility index (Phi) is 3.99. The van der Waals surface area contributed by atoms with E-state index in [9.17, 15) is 0 Å². The van der Waals surface area contributed by atoms with Gasteiger partial charge in [0.1, 0.15) is 0 Å². The standard InChI is InChI=1S/C15H19ClN4O/c1-9(2)20-15(13(16)6-18-20)14(19-17)10-3-4-11-7-21-8-12(11)5-10/h3-6,9,14,19H,7-8,17H2,1-2H3. The third kappa shape index (κ3) is 2.58. The molecule has 0 aliphatic carbocycles. The summed E-state index contributed by atoms with van der Waals surface area (Å²) in [6, 6.07) is 6.29. The van der Waals surface area contributed by atoms with Gasteiger partial charge in [0.2, 0.25) is 0 Å². The summed E-state index contributed by atoms with van der Waals surface area (Å²) >= 11 is 6.33. The van der Waals surface area contributed by atoms with E-state index in [1.54, 1.807) is 6.20 Å². The van der Waals surface area contributed by atoms with Gasteiger partial charge in [0.25, 0.3) is 0 Å². The van der Waals surface area contributed by atoms with Crippen LogP contribution < -0.4 is 11.3 Å². The Labute approximate surface area is 129 Å². The third-order valence-electron chi connectivity index (χ3n) is 3.80. The monoisotopic (exact) mass is 306 g/mol. The van der Waals surface area contributed by atoms with Gasteiger partial charge in [-0.15, -0.1) is 0 Å². The largest absolute Gasteiger partial charge is 0.372 e. The average Bonchev–Trinajstić information content (AvgIpc) is 3.07. The lowest BCUT2D eigenvalue weighted by Gasteiger charge is -2.21. The van der Waals surface area contributed by atoms with Gasteiger partial charge in [-0.05, 0) is 30.5 Å². The van der Waals surface area contributed by atoms with Gasteiger partial charge in [0.15, 0.2) is 0 Å². The molecule has 3 rings (SSSR count). The molecule has 1 aromatic heterocycles. The third-order valence-corrected chi connectivity index (χ3v) is 4.09. The van der Waals surface area contributed by atoms with Gasteiger partial charge in [-0.2, -0.15) is 5.10 Å². The topological polar surface area (TPSA) is 65.1 Å². The highest BCUT2D eigenvalue weighted by Crippen LogP contribution is 2.32. The van der Waals surface area contributed by atoms with Crippen LogP contribution in [0.1, 0.15) is 48.3 Å². The molecular weight excluding hydrogens is 288 g/mol. The smallest absolute Gasteiger partial charge is 0.0893 e. The highest BCUT2D eigenvalue weighted by molar-refractivity contribution is 6.31. The van der Waals surface area contributed by atoms with E-state index in [1.165, 1.54) is 11.1 Å². The molecule has 0 saturated carbocycles. The molecule has 21 heavy (non-hydrogen) atoms. The van der Waals surface area contributed by atoms with Crippen molar-refractivity contribution in [3.05, 3.63) is 51.8 Å². The zero-order valence-electron chi connectivity index (χ0n) is 12.1. The lowest BCUT2D eigenvalue weighted by molar-refractivity contribution is 0.134. The lowest BCUT2D eigenvalue weighted by atomic mass is 9.99. The van der Waals surface area contributed by atoms with E-state index in [0.717, 1.165) is 11.3 Å². The summed E-state index contributed by atoms with van der Waals surface area (Å²) in [6.07, 6.45) is 1.66. The minimum absolute atomic E-state index is 0.201. The van der Waals surface area contributed by atoms with Gasteiger partial charge < -0.3 is 4.74 Å². The molecule has 0 spiro atoms.